The molecule has 0 atom stereocenters. The van der Waals surface area contributed by atoms with Gasteiger partial charge in [0, 0.05) is 19.0 Å². The molecule has 0 aromatic heterocycles. The molecule has 0 bridgehead atoms. The Morgan fingerprint density at radius 1 is 1.19 bits per heavy atom. The van der Waals surface area contributed by atoms with Crippen molar-refractivity contribution < 1.29 is 23.8 Å². The predicted octanol–water partition coefficient (Wildman–Crippen LogP) is 2.46. The average Bonchev–Trinajstić information content (AvgIpc) is 2.67. The van der Waals surface area contributed by atoms with Crippen molar-refractivity contribution in [3.8, 4) is 17.2 Å². The molecule has 1 aliphatic rings. The van der Waals surface area contributed by atoms with Gasteiger partial charge in [0.1, 0.15) is 17.2 Å². The lowest BCUT2D eigenvalue weighted by Crippen LogP contribution is -2.40. The fourth-order valence-corrected chi connectivity index (χ4v) is 2.73. The van der Waals surface area contributed by atoms with Crippen molar-refractivity contribution in [3.63, 3.8) is 0 Å². The molecule has 1 aliphatic heterocycles. The summed E-state index contributed by atoms with van der Waals surface area (Å²) in [6, 6.07) is 12.4. The van der Waals surface area contributed by atoms with Gasteiger partial charge in [-0.2, -0.15) is 0 Å². The van der Waals surface area contributed by atoms with Gasteiger partial charge < -0.3 is 24.4 Å². The number of amides is 2. The SMILES string of the molecule is COc1ccc(NC(=O)CCN2C(=O)COc3ccccc32)c(OC)c1. The van der Waals surface area contributed by atoms with Gasteiger partial charge in [-0.15, -0.1) is 0 Å². The maximum atomic E-state index is 12.3. The fourth-order valence-electron chi connectivity index (χ4n) is 2.73. The summed E-state index contributed by atoms with van der Waals surface area (Å²) in [5, 5.41) is 2.80. The van der Waals surface area contributed by atoms with Crippen LogP contribution in [-0.4, -0.2) is 39.2 Å². The van der Waals surface area contributed by atoms with Crippen LogP contribution in [0.5, 0.6) is 17.2 Å². The van der Waals surface area contributed by atoms with Crippen LogP contribution < -0.4 is 24.4 Å². The van der Waals surface area contributed by atoms with Crippen LogP contribution in [0, 0.1) is 0 Å². The summed E-state index contributed by atoms with van der Waals surface area (Å²) >= 11 is 0. The van der Waals surface area contributed by atoms with Gasteiger partial charge in [-0.25, -0.2) is 0 Å². The predicted molar refractivity (Wildman–Crippen MR) is 97.1 cm³/mol. The smallest absolute Gasteiger partial charge is 0.265 e. The number of para-hydroxylation sites is 2. The van der Waals surface area contributed by atoms with Crippen LogP contribution in [0.15, 0.2) is 42.5 Å². The Morgan fingerprint density at radius 2 is 2.00 bits per heavy atom. The minimum atomic E-state index is -0.217. The normalized spacial score (nSPS) is 12.8. The second-order valence-corrected chi connectivity index (χ2v) is 5.67. The molecule has 0 fully saturated rings. The summed E-state index contributed by atoms with van der Waals surface area (Å²) in [6.07, 6.45) is 0.148. The lowest BCUT2D eigenvalue weighted by molar-refractivity contribution is -0.121. The number of nitrogens with zero attached hydrogens (tertiary/aromatic N) is 1. The number of nitrogens with one attached hydrogen (secondary N) is 1. The van der Waals surface area contributed by atoms with Crippen molar-refractivity contribution in [3.05, 3.63) is 42.5 Å². The van der Waals surface area contributed by atoms with E-state index in [1.807, 2.05) is 12.1 Å². The Morgan fingerprint density at radius 3 is 2.77 bits per heavy atom. The second-order valence-electron chi connectivity index (χ2n) is 5.67. The third kappa shape index (κ3) is 3.72. The third-order valence-electron chi connectivity index (χ3n) is 4.05. The van der Waals surface area contributed by atoms with Crippen LogP contribution in [0.25, 0.3) is 0 Å². The highest BCUT2D eigenvalue weighted by atomic mass is 16.5. The Labute approximate surface area is 151 Å². The largest absolute Gasteiger partial charge is 0.497 e. The summed E-state index contributed by atoms with van der Waals surface area (Å²) in [5.41, 5.74) is 1.23. The zero-order valence-electron chi connectivity index (χ0n) is 14.7. The molecular formula is C19H20N2O5. The summed E-state index contributed by atoms with van der Waals surface area (Å²) < 4.78 is 15.8. The molecular weight excluding hydrogens is 336 g/mol. The van der Waals surface area contributed by atoms with Gasteiger partial charge in [-0.1, -0.05) is 12.1 Å². The maximum absolute atomic E-state index is 12.3. The van der Waals surface area contributed by atoms with Crippen molar-refractivity contribution >= 4 is 23.2 Å². The monoisotopic (exact) mass is 356 g/mol. The molecule has 0 radical (unpaired) electrons. The van der Waals surface area contributed by atoms with Crippen LogP contribution in [0.2, 0.25) is 0 Å². The summed E-state index contributed by atoms with van der Waals surface area (Å²) in [6.45, 7) is 0.244. The second kappa shape index (κ2) is 7.77. The molecule has 2 amide bonds. The molecule has 0 unspecified atom stereocenters. The van der Waals surface area contributed by atoms with E-state index in [2.05, 4.69) is 5.32 Å². The molecule has 0 saturated heterocycles. The third-order valence-corrected chi connectivity index (χ3v) is 4.05. The van der Waals surface area contributed by atoms with Crippen LogP contribution >= 0.6 is 0 Å². The Kier molecular flexibility index (Phi) is 5.26. The quantitative estimate of drug-likeness (QED) is 0.860. The number of benzene rings is 2. The van der Waals surface area contributed by atoms with Gasteiger partial charge in [0.25, 0.3) is 5.91 Å². The number of ether oxygens (including phenoxy) is 3. The Bertz CT molecular complexity index is 821. The summed E-state index contributed by atoms with van der Waals surface area (Å²) in [4.78, 5) is 26.0. The first-order chi connectivity index (χ1) is 12.6. The molecule has 26 heavy (non-hydrogen) atoms. The van der Waals surface area contributed by atoms with E-state index in [0.717, 1.165) is 0 Å². The molecule has 7 heteroatoms. The number of methoxy groups -OCH3 is 2. The minimum Gasteiger partial charge on any atom is -0.497 e. The van der Waals surface area contributed by atoms with Crippen molar-refractivity contribution in [2.45, 2.75) is 6.42 Å². The highest BCUT2D eigenvalue weighted by Crippen LogP contribution is 2.32. The first kappa shape index (κ1) is 17.6. The van der Waals surface area contributed by atoms with Gasteiger partial charge in [0.15, 0.2) is 6.61 Å². The van der Waals surface area contributed by atoms with Crippen molar-refractivity contribution in [1.82, 2.24) is 0 Å². The highest BCUT2D eigenvalue weighted by molar-refractivity contribution is 5.99. The van der Waals surface area contributed by atoms with E-state index in [4.69, 9.17) is 14.2 Å². The molecule has 1 heterocycles. The topological polar surface area (TPSA) is 77.1 Å². The van der Waals surface area contributed by atoms with E-state index in [1.54, 1.807) is 42.3 Å². The molecule has 2 aromatic carbocycles. The number of fused-ring (bicyclic) bond motifs is 1. The molecule has 136 valence electrons. The first-order valence-corrected chi connectivity index (χ1v) is 8.16. The molecule has 1 N–H and O–H groups in total. The minimum absolute atomic E-state index is 0.0229. The molecule has 0 saturated carbocycles. The van der Waals surface area contributed by atoms with E-state index in [1.165, 1.54) is 7.11 Å². The number of carbonyl (C=O) groups excluding carboxylic acids is 2. The van der Waals surface area contributed by atoms with Crippen LogP contribution in [0.4, 0.5) is 11.4 Å². The molecule has 2 aromatic rings. The van der Waals surface area contributed by atoms with Crippen molar-refractivity contribution in [2.24, 2.45) is 0 Å². The fraction of sp³-hybridized carbons (Fsp3) is 0.263. The van der Waals surface area contributed by atoms with E-state index in [9.17, 15) is 9.59 Å². The van der Waals surface area contributed by atoms with Crippen LogP contribution in [0.1, 0.15) is 6.42 Å². The van der Waals surface area contributed by atoms with E-state index in [0.29, 0.717) is 28.6 Å². The number of hydrogen-bond donors (Lipinski definition) is 1. The molecule has 7 nitrogen and oxygen atoms in total. The average molecular weight is 356 g/mol. The van der Waals surface area contributed by atoms with Gasteiger partial charge in [-0.05, 0) is 24.3 Å². The number of anilines is 2. The summed E-state index contributed by atoms with van der Waals surface area (Å²) in [5.74, 6) is 1.40. The molecule has 3 rings (SSSR count). The van der Waals surface area contributed by atoms with E-state index >= 15 is 0 Å². The maximum Gasteiger partial charge on any atom is 0.265 e. The number of carbonyl (C=O) groups is 2. The van der Waals surface area contributed by atoms with Crippen molar-refractivity contribution in [2.75, 3.05) is 37.6 Å². The van der Waals surface area contributed by atoms with Gasteiger partial charge >= 0.3 is 0 Å². The standard InChI is InChI=1S/C19H20N2O5/c1-24-13-7-8-14(17(11-13)25-2)20-18(22)9-10-21-15-5-3-4-6-16(15)26-12-19(21)23/h3-8,11H,9-10,12H2,1-2H3,(H,20,22). The van der Waals surface area contributed by atoms with Crippen LogP contribution in [-0.2, 0) is 9.59 Å². The highest BCUT2D eigenvalue weighted by Gasteiger charge is 2.25. The zero-order chi connectivity index (χ0) is 18.5. The van der Waals surface area contributed by atoms with Crippen molar-refractivity contribution in [1.29, 1.82) is 0 Å². The van der Waals surface area contributed by atoms with Gasteiger partial charge in [0.05, 0.1) is 25.6 Å². The Balaban J connectivity index is 1.66. The summed E-state index contributed by atoms with van der Waals surface area (Å²) in [7, 11) is 3.08. The van der Waals surface area contributed by atoms with E-state index < -0.39 is 0 Å². The van der Waals surface area contributed by atoms with Crippen LogP contribution in [0.3, 0.4) is 0 Å². The number of rotatable bonds is 6. The first-order valence-electron chi connectivity index (χ1n) is 8.16. The lowest BCUT2D eigenvalue weighted by atomic mass is 10.2. The Hall–Kier alpha value is -3.22. The number of hydrogen-bond acceptors (Lipinski definition) is 5. The van der Waals surface area contributed by atoms with Gasteiger partial charge in [-0.3, -0.25) is 9.59 Å². The van der Waals surface area contributed by atoms with E-state index in [-0.39, 0.29) is 31.4 Å². The van der Waals surface area contributed by atoms with Gasteiger partial charge in [0.2, 0.25) is 5.91 Å². The zero-order valence-corrected chi connectivity index (χ0v) is 14.7. The molecule has 0 aliphatic carbocycles. The lowest BCUT2D eigenvalue weighted by Gasteiger charge is -2.29. The molecule has 0 spiro atoms.